The van der Waals surface area contributed by atoms with E-state index in [1.165, 1.54) is 5.56 Å². The first kappa shape index (κ1) is 17.7. The first-order valence-electron chi connectivity index (χ1n) is 7.81. The predicted octanol–water partition coefficient (Wildman–Crippen LogP) is 3.44. The molecule has 3 N–H and O–H groups in total. The van der Waals surface area contributed by atoms with E-state index in [1.807, 2.05) is 20.8 Å². The van der Waals surface area contributed by atoms with Gasteiger partial charge < -0.3 is 11.1 Å². The molecule has 21 heavy (non-hydrogen) atoms. The molecule has 0 spiro atoms. The van der Waals surface area contributed by atoms with Crippen LogP contribution in [-0.2, 0) is 11.2 Å². The fraction of sp³-hybridized carbons (Fsp3) is 0.611. The fourth-order valence-electron chi connectivity index (χ4n) is 2.23. The molecule has 0 saturated heterocycles. The molecule has 1 aromatic rings. The summed E-state index contributed by atoms with van der Waals surface area (Å²) in [4.78, 5) is 12.4. The maximum atomic E-state index is 12.4. The van der Waals surface area contributed by atoms with E-state index in [4.69, 9.17) is 5.73 Å². The summed E-state index contributed by atoms with van der Waals surface area (Å²) in [6.45, 7) is 12.3. The monoisotopic (exact) mass is 290 g/mol. The van der Waals surface area contributed by atoms with Crippen molar-refractivity contribution in [1.29, 1.82) is 0 Å². The summed E-state index contributed by atoms with van der Waals surface area (Å²) in [5, 5.41) is 3.11. The molecule has 0 aromatic heterocycles. The molecule has 0 bridgehead atoms. The zero-order chi connectivity index (χ0) is 16.2. The lowest BCUT2D eigenvalue weighted by Gasteiger charge is -2.30. The van der Waals surface area contributed by atoms with Crippen LogP contribution in [0.15, 0.2) is 24.3 Å². The highest BCUT2D eigenvalue weighted by Crippen LogP contribution is 2.24. The number of amides is 1. The molecule has 0 heterocycles. The highest BCUT2D eigenvalue weighted by atomic mass is 16.2. The summed E-state index contributed by atoms with van der Waals surface area (Å²) < 4.78 is 0. The van der Waals surface area contributed by atoms with E-state index in [9.17, 15) is 4.79 Å². The highest BCUT2D eigenvalue weighted by Gasteiger charge is 2.29. The van der Waals surface area contributed by atoms with Crippen LogP contribution in [0.5, 0.6) is 0 Å². The van der Waals surface area contributed by atoms with Gasteiger partial charge in [-0.3, -0.25) is 4.79 Å². The Labute approximate surface area is 129 Å². The Morgan fingerprint density at radius 1 is 1.19 bits per heavy atom. The molecule has 2 atom stereocenters. The third-order valence-electron chi connectivity index (χ3n) is 3.93. The third-order valence-corrected chi connectivity index (χ3v) is 3.93. The van der Waals surface area contributed by atoms with Gasteiger partial charge in [0.15, 0.2) is 0 Å². The van der Waals surface area contributed by atoms with Crippen LogP contribution in [0.4, 0.5) is 0 Å². The van der Waals surface area contributed by atoms with Crippen LogP contribution in [0.25, 0.3) is 0 Å². The number of hydrogen-bond acceptors (Lipinski definition) is 2. The van der Waals surface area contributed by atoms with Gasteiger partial charge in [-0.2, -0.15) is 0 Å². The Bertz CT molecular complexity index is 457. The van der Waals surface area contributed by atoms with Gasteiger partial charge in [0, 0.05) is 0 Å². The minimum Gasteiger partial charge on any atom is -0.348 e. The molecule has 0 aliphatic rings. The lowest BCUT2D eigenvalue weighted by Crippen LogP contribution is -2.50. The molecule has 3 heteroatoms. The molecule has 118 valence electrons. The lowest BCUT2D eigenvalue weighted by molar-refractivity contribution is -0.125. The molecule has 1 aromatic carbocycles. The number of aryl methyl sites for hydroxylation is 1. The van der Waals surface area contributed by atoms with Crippen LogP contribution in [0.3, 0.4) is 0 Å². The summed E-state index contributed by atoms with van der Waals surface area (Å²) >= 11 is 0. The molecular formula is C18H30N2O. The first-order valence-corrected chi connectivity index (χ1v) is 7.81. The second kappa shape index (κ2) is 7.08. The average Bonchev–Trinajstić information content (AvgIpc) is 2.42. The van der Waals surface area contributed by atoms with Crippen molar-refractivity contribution in [3.63, 3.8) is 0 Å². The number of nitrogens with two attached hydrogens (primary N) is 1. The zero-order valence-electron chi connectivity index (χ0n) is 14.2. The zero-order valence-corrected chi connectivity index (χ0v) is 14.2. The third kappa shape index (κ3) is 4.85. The van der Waals surface area contributed by atoms with Crippen molar-refractivity contribution in [3.8, 4) is 0 Å². The van der Waals surface area contributed by atoms with Gasteiger partial charge >= 0.3 is 0 Å². The van der Waals surface area contributed by atoms with Gasteiger partial charge in [0.05, 0.1) is 12.1 Å². The van der Waals surface area contributed by atoms with Crippen molar-refractivity contribution in [3.05, 3.63) is 35.4 Å². The largest absolute Gasteiger partial charge is 0.348 e. The summed E-state index contributed by atoms with van der Waals surface area (Å²) in [6, 6.07) is 7.95. The van der Waals surface area contributed by atoms with Gasteiger partial charge in [-0.25, -0.2) is 0 Å². The van der Waals surface area contributed by atoms with Crippen molar-refractivity contribution in [2.75, 3.05) is 0 Å². The van der Waals surface area contributed by atoms with Crippen LogP contribution in [0.2, 0.25) is 0 Å². The van der Waals surface area contributed by atoms with E-state index in [-0.39, 0.29) is 17.4 Å². The molecule has 1 unspecified atom stereocenters. The maximum Gasteiger partial charge on any atom is 0.237 e. The summed E-state index contributed by atoms with van der Waals surface area (Å²) in [7, 11) is 0. The van der Waals surface area contributed by atoms with E-state index < -0.39 is 6.04 Å². The Balaban J connectivity index is 2.90. The van der Waals surface area contributed by atoms with Gasteiger partial charge in [0.25, 0.3) is 0 Å². The molecule has 0 saturated carbocycles. The molecule has 3 nitrogen and oxygen atoms in total. The molecule has 1 rings (SSSR count). The average molecular weight is 290 g/mol. The summed E-state index contributed by atoms with van der Waals surface area (Å²) in [5.41, 5.74) is 8.26. The van der Waals surface area contributed by atoms with Gasteiger partial charge in [-0.05, 0) is 28.9 Å². The lowest BCUT2D eigenvalue weighted by atomic mass is 9.86. The summed E-state index contributed by atoms with van der Waals surface area (Å²) in [5.74, 6) is 0.231. The maximum absolute atomic E-state index is 12.4. The number of hydrogen-bond donors (Lipinski definition) is 2. The minimum absolute atomic E-state index is 0.00296. The number of rotatable bonds is 5. The second-order valence-electron chi connectivity index (χ2n) is 7.17. The van der Waals surface area contributed by atoms with Gasteiger partial charge in [0.1, 0.15) is 0 Å². The number of carbonyl (C=O) groups is 1. The Morgan fingerprint density at radius 3 is 2.10 bits per heavy atom. The predicted molar refractivity (Wildman–Crippen MR) is 89.0 cm³/mol. The van der Waals surface area contributed by atoms with Gasteiger partial charge in [0.2, 0.25) is 5.91 Å². The smallest absolute Gasteiger partial charge is 0.237 e. The van der Waals surface area contributed by atoms with Crippen LogP contribution in [-0.4, -0.2) is 11.9 Å². The van der Waals surface area contributed by atoms with Gasteiger partial charge in [-0.15, -0.1) is 0 Å². The molecule has 0 aliphatic heterocycles. The Hall–Kier alpha value is -1.35. The van der Waals surface area contributed by atoms with E-state index >= 15 is 0 Å². The van der Waals surface area contributed by atoms with Crippen molar-refractivity contribution < 1.29 is 4.79 Å². The van der Waals surface area contributed by atoms with Crippen molar-refractivity contribution in [1.82, 2.24) is 5.32 Å². The van der Waals surface area contributed by atoms with E-state index in [0.717, 1.165) is 12.0 Å². The second-order valence-corrected chi connectivity index (χ2v) is 7.17. The molecular weight excluding hydrogens is 260 g/mol. The van der Waals surface area contributed by atoms with Gasteiger partial charge in [-0.1, -0.05) is 65.8 Å². The molecule has 0 radical (unpaired) electrons. The number of benzene rings is 1. The van der Waals surface area contributed by atoms with Crippen LogP contribution >= 0.6 is 0 Å². The standard InChI is InChI=1S/C18H30N2O/c1-7-13-8-10-14(11-9-13)15(12(2)3)20-17(21)16(19)18(4,5)6/h8-12,15-16H,7,19H2,1-6H3,(H,20,21)/t15?,16-/m1/s1. The van der Waals surface area contributed by atoms with Crippen molar-refractivity contribution in [2.24, 2.45) is 17.1 Å². The topological polar surface area (TPSA) is 55.1 Å². The Morgan fingerprint density at radius 2 is 1.71 bits per heavy atom. The van der Waals surface area contributed by atoms with Crippen LogP contribution in [0, 0.1) is 11.3 Å². The quantitative estimate of drug-likeness (QED) is 0.873. The molecule has 0 aliphatic carbocycles. The Kier molecular flexibility index (Phi) is 5.97. The molecule has 1 amide bonds. The van der Waals surface area contributed by atoms with Crippen molar-refractivity contribution >= 4 is 5.91 Å². The van der Waals surface area contributed by atoms with E-state index in [0.29, 0.717) is 5.92 Å². The number of nitrogens with one attached hydrogen (secondary N) is 1. The number of carbonyl (C=O) groups excluding carboxylic acids is 1. The summed E-state index contributed by atoms with van der Waals surface area (Å²) in [6.07, 6.45) is 1.02. The van der Waals surface area contributed by atoms with Crippen LogP contribution < -0.4 is 11.1 Å². The normalized spacial score (nSPS) is 14.9. The van der Waals surface area contributed by atoms with E-state index in [1.54, 1.807) is 0 Å². The fourth-order valence-corrected chi connectivity index (χ4v) is 2.23. The van der Waals surface area contributed by atoms with Crippen molar-refractivity contribution in [2.45, 2.75) is 60.0 Å². The van der Waals surface area contributed by atoms with Crippen LogP contribution in [0.1, 0.15) is 58.7 Å². The first-order chi connectivity index (χ1) is 9.66. The molecule has 0 fully saturated rings. The SMILES string of the molecule is CCc1ccc(C(NC(=O)[C@@H](N)C(C)(C)C)C(C)C)cc1. The highest BCUT2D eigenvalue weighted by molar-refractivity contribution is 5.82. The van der Waals surface area contributed by atoms with E-state index in [2.05, 4.69) is 50.4 Å². The minimum atomic E-state index is -0.506.